The first-order chi connectivity index (χ1) is 16.4. The number of ether oxygens (including phenoxy) is 2. The van der Waals surface area contributed by atoms with Crippen molar-refractivity contribution in [3.63, 3.8) is 0 Å². The Morgan fingerprint density at radius 1 is 1.03 bits per heavy atom. The molecule has 0 spiro atoms. The van der Waals surface area contributed by atoms with Gasteiger partial charge >= 0.3 is 0 Å². The standard InChI is InChI=1S/C25H20N2O5S2/c1-31-22-13-18(10-11-21(22)32-16-19-8-5-9-20(12-19)27(29)30)14-23-24(28)26(25(33)34-23)15-17-6-3-2-4-7-17/h2-14H,15-16H2,1H3. The topological polar surface area (TPSA) is 81.9 Å². The van der Waals surface area contributed by atoms with Gasteiger partial charge in [0.15, 0.2) is 11.5 Å². The minimum atomic E-state index is -0.443. The molecular weight excluding hydrogens is 472 g/mol. The Morgan fingerprint density at radius 2 is 1.79 bits per heavy atom. The molecule has 172 valence electrons. The van der Waals surface area contributed by atoms with Gasteiger partial charge in [-0.15, -0.1) is 0 Å². The number of nitro benzene ring substituents is 1. The van der Waals surface area contributed by atoms with Crippen LogP contribution in [0.15, 0.2) is 77.7 Å². The Kier molecular flexibility index (Phi) is 7.24. The van der Waals surface area contributed by atoms with Crippen molar-refractivity contribution in [3.05, 3.63) is 105 Å². The Hall–Kier alpha value is -3.69. The molecule has 0 bridgehead atoms. The van der Waals surface area contributed by atoms with Crippen LogP contribution < -0.4 is 9.47 Å². The van der Waals surface area contributed by atoms with Crippen LogP contribution in [0.1, 0.15) is 16.7 Å². The molecule has 0 unspecified atom stereocenters. The quantitative estimate of drug-likeness (QED) is 0.176. The van der Waals surface area contributed by atoms with Gasteiger partial charge < -0.3 is 9.47 Å². The molecule has 34 heavy (non-hydrogen) atoms. The average molecular weight is 493 g/mol. The van der Waals surface area contributed by atoms with Crippen molar-refractivity contribution in [2.24, 2.45) is 0 Å². The molecular formula is C25H20N2O5S2. The van der Waals surface area contributed by atoms with Gasteiger partial charge in [0.25, 0.3) is 11.6 Å². The van der Waals surface area contributed by atoms with Crippen LogP contribution in [-0.2, 0) is 17.9 Å². The molecule has 1 saturated heterocycles. The summed E-state index contributed by atoms with van der Waals surface area (Å²) < 4.78 is 11.8. The van der Waals surface area contributed by atoms with E-state index in [2.05, 4.69) is 0 Å². The third kappa shape index (κ3) is 5.44. The van der Waals surface area contributed by atoms with Gasteiger partial charge in [0, 0.05) is 12.1 Å². The molecule has 0 N–H and O–H groups in total. The van der Waals surface area contributed by atoms with Crippen LogP contribution in [0, 0.1) is 10.1 Å². The average Bonchev–Trinajstić information content (AvgIpc) is 3.11. The molecule has 0 radical (unpaired) electrons. The number of benzene rings is 3. The lowest BCUT2D eigenvalue weighted by molar-refractivity contribution is -0.384. The summed E-state index contributed by atoms with van der Waals surface area (Å²) in [7, 11) is 1.53. The van der Waals surface area contributed by atoms with Crippen molar-refractivity contribution in [1.82, 2.24) is 4.90 Å². The van der Waals surface area contributed by atoms with Gasteiger partial charge in [-0.1, -0.05) is 72.5 Å². The Labute approximate surface area is 206 Å². The number of hydrogen-bond donors (Lipinski definition) is 0. The molecule has 1 aliphatic heterocycles. The van der Waals surface area contributed by atoms with Gasteiger partial charge in [-0.05, 0) is 34.9 Å². The summed E-state index contributed by atoms with van der Waals surface area (Å²) in [6, 6.07) is 21.3. The lowest BCUT2D eigenvalue weighted by atomic mass is 10.1. The maximum atomic E-state index is 12.9. The normalized spacial score (nSPS) is 14.5. The maximum absolute atomic E-state index is 12.9. The van der Waals surface area contributed by atoms with Crippen LogP contribution in [0.25, 0.3) is 6.08 Å². The van der Waals surface area contributed by atoms with E-state index in [1.807, 2.05) is 36.4 Å². The zero-order valence-electron chi connectivity index (χ0n) is 18.2. The minimum Gasteiger partial charge on any atom is -0.493 e. The summed E-state index contributed by atoms with van der Waals surface area (Å²) >= 11 is 6.69. The first-order valence-corrected chi connectivity index (χ1v) is 11.5. The van der Waals surface area contributed by atoms with Gasteiger partial charge in [-0.25, -0.2) is 0 Å². The SMILES string of the molecule is COc1cc(C=C2SC(=S)N(Cc3ccccc3)C2=O)ccc1OCc1cccc([N+](=O)[O-])c1. The third-order valence-electron chi connectivity index (χ3n) is 5.06. The van der Waals surface area contributed by atoms with Gasteiger partial charge in [0.1, 0.15) is 10.9 Å². The fourth-order valence-electron chi connectivity index (χ4n) is 3.37. The summed E-state index contributed by atoms with van der Waals surface area (Å²) in [5.74, 6) is 0.838. The van der Waals surface area contributed by atoms with E-state index in [1.54, 1.807) is 35.2 Å². The Balaban J connectivity index is 1.48. The molecule has 0 atom stereocenters. The molecule has 0 aromatic heterocycles. The number of nitrogens with zero attached hydrogens (tertiary/aromatic N) is 2. The molecule has 3 aromatic carbocycles. The van der Waals surface area contributed by atoms with Crippen molar-refractivity contribution in [2.45, 2.75) is 13.2 Å². The van der Waals surface area contributed by atoms with E-state index < -0.39 is 4.92 Å². The lowest BCUT2D eigenvalue weighted by Gasteiger charge is -2.14. The number of rotatable bonds is 8. The van der Waals surface area contributed by atoms with Gasteiger partial charge in [-0.2, -0.15) is 0 Å². The van der Waals surface area contributed by atoms with E-state index in [0.717, 1.165) is 11.1 Å². The van der Waals surface area contributed by atoms with Crippen molar-refractivity contribution in [3.8, 4) is 11.5 Å². The van der Waals surface area contributed by atoms with Crippen LogP contribution in [0.3, 0.4) is 0 Å². The number of methoxy groups -OCH3 is 1. The number of non-ortho nitro benzene ring substituents is 1. The minimum absolute atomic E-state index is 0.00740. The van der Waals surface area contributed by atoms with E-state index in [1.165, 1.54) is 31.0 Å². The first-order valence-electron chi connectivity index (χ1n) is 10.3. The fraction of sp³-hybridized carbons (Fsp3) is 0.120. The van der Waals surface area contributed by atoms with Gasteiger partial charge in [-0.3, -0.25) is 19.8 Å². The fourth-order valence-corrected chi connectivity index (χ4v) is 4.62. The highest BCUT2D eigenvalue weighted by Crippen LogP contribution is 2.35. The van der Waals surface area contributed by atoms with Crippen LogP contribution >= 0.6 is 24.0 Å². The number of nitro groups is 1. The van der Waals surface area contributed by atoms with E-state index in [0.29, 0.717) is 32.8 Å². The molecule has 3 aromatic rings. The first kappa shape index (κ1) is 23.5. The summed E-state index contributed by atoms with van der Waals surface area (Å²) in [5.41, 5.74) is 2.45. The molecule has 4 rings (SSSR count). The Bertz CT molecular complexity index is 1280. The predicted octanol–water partition coefficient (Wildman–Crippen LogP) is 5.58. The number of hydrogen-bond acceptors (Lipinski definition) is 7. The molecule has 1 heterocycles. The van der Waals surface area contributed by atoms with Gasteiger partial charge in [0.2, 0.25) is 0 Å². The van der Waals surface area contributed by atoms with Crippen LogP contribution in [-0.4, -0.2) is 27.2 Å². The van der Waals surface area contributed by atoms with E-state index in [4.69, 9.17) is 21.7 Å². The Morgan fingerprint density at radius 3 is 2.53 bits per heavy atom. The molecule has 1 fully saturated rings. The second-order valence-electron chi connectivity index (χ2n) is 7.38. The summed E-state index contributed by atoms with van der Waals surface area (Å²) in [6.45, 7) is 0.576. The third-order valence-corrected chi connectivity index (χ3v) is 6.44. The van der Waals surface area contributed by atoms with Crippen molar-refractivity contribution in [1.29, 1.82) is 0 Å². The lowest BCUT2D eigenvalue weighted by Crippen LogP contribution is -2.27. The summed E-state index contributed by atoms with van der Waals surface area (Å²) in [5, 5.41) is 11.0. The van der Waals surface area contributed by atoms with Crippen LogP contribution in [0.4, 0.5) is 5.69 Å². The second-order valence-corrected chi connectivity index (χ2v) is 9.06. The molecule has 0 aliphatic carbocycles. The van der Waals surface area contributed by atoms with E-state index in [9.17, 15) is 14.9 Å². The van der Waals surface area contributed by atoms with E-state index in [-0.39, 0.29) is 18.2 Å². The van der Waals surface area contributed by atoms with E-state index >= 15 is 0 Å². The molecule has 1 amide bonds. The maximum Gasteiger partial charge on any atom is 0.269 e. The highest BCUT2D eigenvalue weighted by atomic mass is 32.2. The zero-order valence-corrected chi connectivity index (χ0v) is 19.8. The highest BCUT2D eigenvalue weighted by molar-refractivity contribution is 8.26. The molecule has 1 aliphatic rings. The molecule has 7 nitrogen and oxygen atoms in total. The predicted molar refractivity (Wildman–Crippen MR) is 136 cm³/mol. The van der Waals surface area contributed by atoms with Gasteiger partial charge in [0.05, 0.1) is 23.5 Å². The number of thiocarbonyl (C=S) groups is 1. The number of carbonyl (C=O) groups excluding carboxylic acids is 1. The molecule has 9 heteroatoms. The highest BCUT2D eigenvalue weighted by Gasteiger charge is 2.32. The largest absolute Gasteiger partial charge is 0.493 e. The smallest absolute Gasteiger partial charge is 0.269 e. The van der Waals surface area contributed by atoms with Crippen LogP contribution in [0.5, 0.6) is 11.5 Å². The number of thioether (sulfide) groups is 1. The summed E-state index contributed by atoms with van der Waals surface area (Å²) in [6.07, 6.45) is 1.77. The van der Waals surface area contributed by atoms with Crippen molar-refractivity contribution < 1.29 is 19.2 Å². The second kappa shape index (κ2) is 10.5. The monoisotopic (exact) mass is 492 g/mol. The molecule has 0 saturated carbocycles. The van der Waals surface area contributed by atoms with Crippen molar-refractivity contribution >= 4 is 46.0 Å². The van der Waals surface area contributed by atoms with Crippen LogP contribution in [0.2, 0.25) is 0 Å². The zero-order chi connectivity index (χ0) is 24.1. The number of amides is 1. The number of carbonyl (C=O) groups is 1. The summed E-state index contributed by atoms with van der Waals surface area (Å²) in [4.78, 5) is 25.6. The van der Waals surface area contributed by atoms with Crippen molar-refractivity contribution in [2.75, 3.05) is 7.11 Å².